The van der Waals surface area contributed by atoms with Gasteiger partial charge in [-0.25, -0.2) is 0 Å². The summed E-state index contributed by atoms with van der Waals surface area (Å²) < 4.78 is 0. The van der Waals surface area contributed by atoms with E-state index < -0.39 is 0 Å². The molecule has 0 spiro atoms. The van der Waals surface area contributed by atoms with Gasteiger partial charge in [-0.05, 0) is 62.3 Å². The van der Waals surface area contributed by atoms with Gasteiger partial charge in [-0.2, -0.15) is 0 Å². The van der Waals surface area contributed by atoms with Crippen LogP contribution in [0.25, 0.3) is 0 Å². The fourth-order valence-electron chi connectivity index (χ4n) is 3.79. The van der Waals surface area contributed by atoms with Crippen LogP contribution in [0, 0.1) is 0 Å². The Kier molecular flexibility index (Phi) is 5.71. The van der Waals surface area contributed by atoms with Crippen LogP contribution in [-0.4, -0.2) is 66.3 Å². The highest BCUT2D eigenvalue weighted by Gasteiger charge is 2.27. The minimum absolute atomic E-state index is 0.0111. The number of fused-ring (bicyclic) bond motifs is 1. The number of rotatable bonds is 2. The van der Waals surface area contributed by atoms with E-state index in [1.165, 1.54) is 4.88 Å². The molecule has 0 unspecified atom stereocenters. The number of amides is 2. The van der Waals surface area contributed by atoms with Crippen molar-refractivity contribution in [2.24, 2.45) is 0 Å². The molecule has 1 fully saturated rings. The van der Waals surface area contributed by atoms with Crippen LogP contribution in [0.1, 0.15) is 36.9 Å². The number of nitrogens with zero attached hydrogens (tertiary/aromatic N) is 3. The van der Waals surface area contributed by atoms with Crippen LogP contribution in [0.15, 0.2) is 30.3 Å². The summed E-state index contributed by atoms with van der Waals surface area (Å²) in [5.74, 6) is 0.141. The van der Waals surface area contributed by atoms with Crippen molar-refractivity contribution < 1.29 is 9.59 Å². The van der Waals surface area contributed by atoms with E-state index in [-0.39, 0.29) is 11.8 Å². The zero-order chi connectivity index (χ0) is 19.7. The van der Waals surface area contributed by atoms with Crippen LogP contribution >= 0.6 is 22.9 Å². The third kappa shape index (κ3) is 4.09. The minimum Gasteiger partial charge on any atom is -0.337 e. The van der Waals surface area contributed by atoms with Gasteiger partial charge < -0.3 is 14.7 Å². The first-order valence-corrected chi connectivity index (χ1v) is 10.8. The first kappa shape index (κ1) is 19.4. The number of benzene rings is 1. The Labute approximate surface area is 174 Å². The Morgan fingerprint density at radius 1 is 0.964 bits per heavy atom. The summed E-state index contributed by atoms with van der Waals surface area (Å²) in [6.45, 7) is 4.78. The van der Waals surface area contributed by atoms with E-state index in [0.29, 0.717) is 23.7 Å². The molecule has 28 heavy (non-hydrogen) atoms. The number of carbonyl (C=O) groups excluding carboxylic acids is 2. The first-order chi connectivity index (χ1) is 13.5. The maximum atomic E-state index is 13.0. The molecule has 2 aliphatic heterocycles. The molecular weight excluding hydrogens is 394 g/mol. The van der Waals surface area contributed by atoms with Crippen molar-refractivity contribution in [3.63, 3.8) is 0 Å². The molecule has 4 rings (SSSR count). The normalized spacial score (nSPS) is 17.9. The van der Waals surface area contributed by atoms with E-state index in [0.717, 1.165) is 49.5 Å². The maximum absolute atomic E-state index is 13.0. The van der Waals surface area contributed by atoms with Crippen LogP contribution in [0.4, 0.5) is 0 Å². The molecule has 1 saturated heterocycles. The van der Waals surface area contributed by atoms with Gasteiger partial charge in [0, 0.05) is 48.2 Å². The molecular formula is C21H24ClN3O2S. The van der Waals surface area contributed by atoms with E-state index in [1.807, 2.05) is 15.9 Å². The molecule has 0 bridgehead atoms. The predicted molar refractivity (Wildman–Crippen MR) is 112 cm³/mol. The molecule has 3 heterocycles. The molecule has 0 radical (unpaired) electrons. The second-order valence-electron chi connectivity index (χ2n) is 7.49. The van der Waals surface area contributed by atoms with Crippen molar-refractivity contribution in [3.8, 4) is 0 Å². The molecule has 2 amide bonds. The lowest BCUT2D eigenvalue weighted by Gasteiger charge is -2.27. The SMILES string of the molecule is CN1CCCN(C(=O)c2cc3c(s2)CCN(C(=O)c2ccc(Cl)cc2)C3)CC1. The van der Waals surface area contributed by atoms with Crippen molar-refractivity contribution in [1.29, 1.82) is 0 Å². The number of thiophene rings is 1. The fraction of sp³-hybridized carbons (Fsp3) is 0.429. The van der Waals surface area contributed by atoms with Gasteiger partial charge in [-0.3, -0.25) is 9.59 Å². The second-order valence-corrected chi connectivity index (χ2v) is 9.06. The van der Waals surface area contributed by atoms with Gasteiger partial charge in [0.15, 0.2) is 0 Å². The largest absolute Gasteiger partial charge is 0.337 e. The zero-order valence-electron chi connectivity index (χ0n) is 16.0. The average Bonchev–Trinajstić information content (AvgIpc) is 3.01. The molecule has 0 atom stereocenters. The van der Waals surface area contributed by atoms with Gasteiger partial charge in [0.25, 0.3) is 11.8 Å². The molecule has 1 aromatic heterocycles. The summed E-state index contributed by atoms with van der Waals surface area (Å²) in [7, 11) is 2.10. The van der Waals surface area contributed by atoms with E-state index in [1.54, 1.807) is 35.6 Å². The summed E-state index contributed by atoms with van der Waals surface area (Å²) in [4.78, 5) is 33.9. The van der Waals surface area contributed by atoms with Gasteiger partial charge in [-0.1, -0.05) is 11.6 Å². The van der Waals surface area contributed by atoms with Gasteiger partial charge in [0.05, 0.1) is 4.88 Å². The molecule has 7 heteroatoms. The third-order valence-corrected chi connectivity index (χ3v) is 6.94. The first-order valence-electron chi connectivity index (χ1n) is 9.65. The van der Waals surface area contributed by atoms with Gasteiger partial charge in [0.1, 0.15) is 0 Å². The molecule has 0 aliphatic carbocycles. The third-order valence-electron chi connectivity index (χ3n) is 5.46. The molecule has 0 N–H and O–H groups in total. The lowest BCUT2D eigenvalue weighted by Crippen LogP contribution is -2.35. The number of hydrogen-bond acceptors (Lipinski definition) is 4. The number of likely N-dealkylation sites (N-methyl/N-ethyl adjacent to an activating group) is 1. The molecule has 2 aliphatic rings. The van der Waals surface area contributed by atoms with E-state index in [9.17, 15) is 9.59 Å². The molecule has 148 valence electrons. The smallest absolute Gasteiger partial charge is 0.263 e. The Balaban J connectivity index is 1.46. The summed E-state index contributed by atoms with van der Waals surface area (Å²) in [6.07, 6.45) is 1.81. The number of hydrogen-bond donors (Lipinski definition) is 0. The van der Waals surface area contributed by atoms with E-state index in [2.05, 4.69) is 11.9 Å². The van der Waals surface area contributed by atoms with Crippen molar-refractivity contribution in [2.45, 2.75) is 19.4 Å². The van der Waals surface area contributed by atoms with Crippen molar-refractivity contribution in [3.05, 3.63) is 56.2 Å². The van der Waals surface area contributed by atoms with Crippen LogP contribution in [-0.2, 0) is 13.0 Å². The highest BCUT2D eigenvalue weighted by Crippen LogP contribution is 2.30. The van der Waals surface area contributed by atoms with Crippen molar-refractivity contribution >= 4 is 34.8 Å². The van der Waals surface area contributed by atoms with Crippen LogP contribution in [0.5, 0.6) is 0 Å². The molecule has 1 aromatic carbocycles. The van der Waals surface area contributed by atoms with Gasteiger partial charge >= 0.3 is 0 Å². The quantitative estimate of drug-likeness (QED) is 0.752. The molecule has 5 nitrogen and oxygen atoms in total. The monoisotopic (exact) mass is 417 g/mol. The predicted octanol–water partition coefficient (Wildman–Crippen LogP) is 3.38. The lowest BCUT2D eigenvalue weighted by molar-refractivity contribution is 0.0735. The molecule has 0 saturated carbocycles. The Hall–Kier alpha value is -1.89. The fourth-order valence-corrected chi connectivity index (χ4v) is 5.05. The Morgan fingerprint density at radius 3 is 2.54 bits per heavy atom. The van der Waals surface area contributed by atoms with Crippen LogP contribution < -0.4 is 0 Å². The minimum atomic E-state index is 0.0111. The van der Waals surface area contributed by atoms with E-state index in [4.69, 9.17) is 11.6 Å². The lowest BCUT2D eigenvalue weighted by atomic mass is 10.1. The summed E-state index contributed by atoms with van der Waals surface area (Å²) in [6, 6.07) is 9.00. The Bertz CT molecular complexity index is 880. The molecule has 2 aromatic rings. The summed E-state index contributed by atoms with van der Waals surface area (Å²) in [5, 5.41) is 0.623. The number of carbonyl (C=O) groups is 2. The Morgan fingerprint density at radius 2 is 1.75 bits per heavy atom. The van der Waals surface area contributed by atoms with Crippen molar-refractivity contribution in [1.82, 2.24) is 14.7 Å². The highest BCUT2D eigenvalue weighted by atomic mass is 35.5. The number of halogens is 1. The summed E-state index contributed by atoms with van der Waals surface area (Å²) in [5.41, 5.74) is 1.75. The van der Waals surface area contributed by atoms with E-state index >= 15 is 0 Å². The van der Waals surface area contributed by atoms with Crippen LogP contribution in [0.2, 0.25) is 5.02 Å². The second kappa shape index (κ2) is 8.23. The van der Waals surface area contributed by atoms with Gasteiger partial charge in [-0.15, -0.1) is 11.3 Å². The zero-order valence-corrected chi connectivity index (χ0v) is 17.6. The van der Waals surface area contributed by atoms with Crippen LogP contribution in [0.3, 0.4) is 0 Å². The topological polar surface area (TPSA) is 43.9 Å². The van der Waals surface area contributed by atoms with Crippen molar-refractivity contribution in [2.75, 3.05) is 39.8 Å². The van der Waals surface area contributed by atoms with Gasteiger partial charge in [0.2, 0.25) is 0 Å². The average molecular weight is 418 g/mol. The maximum Gasteiger partial charge on any atom is 0.263 e. The standard InChI is InChI=1S/C21H24ClN3O2S/c1-23-8-2-9-24(12-11-23)21(27)19-13-16-14-25(10-7-18(16)28-19)20(26)15-3-5-17(22)6-4-15/h3-6,13H,2,7-12,14H2,1H3. The highest BCUT2D eigenvalue weighted by molar-refractivity contribution is 7.14. The summed E-state index contributed by atoms with van der Waals surface area (Å²) >= 11 is 7.52.